The number of ether oxygens (including phenoxy) is 2. The molecule has 1 aliphatic heterocycles. The minimum absolute atomic E-state index is 0.235. The number of aliphatic hydroxyl groups is 1. The van der Waals surface area contributed by atoms with Crippen LogP contribution in [0.15, 0.2) is 45.8 Å². The number of fused-ring (bicyclic) bond motifs is 2. The molecule has 2 aromatic heterocycles. The van der Waals surface area contributed by atoms with Gasteiger partial charge in [-0.1, -0.05) is 16.8 Å². The minimum atomic E-state index is -0.566. The smallest absolute Gasteiger partial charge is 0.264 e. The molecule has 1 N–H and O–H groups in total. The van der Waals surface area contributed by atoms with Crippen LogP contribution in [0.4, 0.5) is 0 Å². The first-order valence-electron chi connectivity index (χ1n) is 10.6. The van der Waals surface area contributed by atoms with E-state index in [2.05, 4.69) is 5.16 Å². The molecule has 9 heteroatoms. The first-order valence-corrected chi connectivity index (χ1v) is 10.6. The number of methoxy groups -OCH3 is 2. The van der Waals surface area contributed by atoms with Crippen LogP contribution < -0.4 is 15.0 Å². The fourth-order valence-corrected chi connectivity index (χ4v) is 4.30. The van der Waals surface area contributed by atoms with Crippen molar-refractivity contribution in [3.05, 3.63) is 58.0 Å². The van der Waals surface area contributed by atoms with Crippen LogP contribution in [0.25, 0.3) is 27.6 Å². The van der Waals surface area contributed by atoms with E-state index in [1.807, 2.05) is 19.1 Å². The van der Waals surface area contributed by atoms with E-state index in [-0.39, 0.29) is 23.4 Å². The second-order valence-electron chi connectivity index (χ2n) is 8.17. The molecule has 0 aliphatic carbocycles. The number of hydrogen-bond acceptors (Lipinski definition) is 7. The lowest BCUT2D eigenvalue weighted by atomic mass is 10.0. The molecule has 0 spiro atoms. The molecule has 1 fully saturated rings. The van der Waals surface area contributed by atoms with Gasteiger partial charge in [-0.25, -0.2) is 0 Å². The highest BCUT2D eigenvalue weighted by Crippen LogP contribution is 2.34. The quantitative estimate of drug-likeness (QED) is 0.510. The monoisotopic (exact) mass is 449 g/mol. The van der Waals surface area contributed by atoms with Crippen molar-refractivity contribution in [1.82, 2.24) is 14.6 Å². The maximum absolute atomic E-state index is 13.6. The van der Waals surface area contributed by atoms with E-state index in [9.17, 15) is 14.7 Å². The summed E-state index contributed by atoms with van der Waals surface area (Å²) in [6.45, 7) is 2.60. The molecule has 4 aromatic rings. The average molecular weight is 449 g/mol. The maximum atomic E-state index is 13.6. The van der Waals surface area contributed by atoms with E-state index in [0.29, 0.717) is 52.2 Å². The normalized spacial score (nSPS) is 16.0. The molecule has 2 aromatic carbocycles. The van der Waals surface area contributed by atoms with E-state index >= 15 is 0 Å². The number of likely N-dealkylation sites (tertiary alicyclic amines) is 1. The highest BCUT2D eigenvalue weighted by molar-refractivity contribution is 6.07. The summed E-state index contributed by atoms with van der Waals surface area (Å²) in [5.41, 5.74) is 1.43. The number of β-amino-alcohol motifs (C(OH)–C–C–N with tert-alkyl or cyclic N) is 1. The van der Waals surface area contributed by atoms with Gasteiger partial charge in [-0.3, -0.25) is 14.2 Å². The van der Waals surface area contributed by atoms with Gasteiger partial charge >= 0.3 is 0 Å². The number of rotatable bonds is 4. The topological polar surface area (TPSA) is 107 Å². The zero-order chi connectivity index (χ0) is 23.3. The summed E-state index contributed by atoms with van der Waals surface area (Å²) >= 11 is 0. The van der Waals surface area contributed by atoms with Crippen LogP contribution in [0.3, 0.4) is 0 Å². The number of amides is 1. The average Bonchev–Trinajstić information content (AvgIpc) is 3.44. The summed E-state index contributed by atoms with van der Waals surface area (Å²) in [5, 5.41) is 15.4. The third kappa shape index (κ3) is 3.41. The molecule has 9 nitrogen and oxygen atoms in total. The second kappa shape index (κ2) is 7.93. The van der Waals surface area contributed by atoms with Crippen molar-refractivity contribution < 1.29 is 23.9 Å². The minimum Gasteiger partial charge on any atom is -0.493 e. The predicted octanol–water partition coefficient (Wildman–Crippen LogP) is 2.66. The third-order valence-corrected chi connectivity index (χ3v) is 6.04. The molecule has 1 aliphatic rings. The lowest BCUT2D eigenvalue weighted by Gasteiger charge is -2.19. The highest BCUT2D eigenvalue weighted by atomic mass is 16.5. The number of carbonyl (C=O) groups is 1. The largest absolute Gasteiger partial charge is 0.493 e. The molecule has 5 rings (SSSR count). The highest BCUT2D eigenvalue weighted by Gasteiger charge is 2.29. The summed E-state index contributed by atoms with van der Waals surface area (Å²) < 4.78 is 17.6. The Hall–Kier alpha value is -3.85. The van der Waals surface area contributed by atoms with E-state index < -0.39 is 6.10 Å². The van der Waals surface area contributed by atoms with Gasteiger partial charge in [0, 0.05) is 24.7 Å². The van der Waals surface area contributed by atoms with Crippen molar-refractivity contribution in [2.24, 2.45) is 0 Å². The molecule has 1 saturated heterocycles. The molecule has 1 unspecified atom stereocenters. The van der Waals surface area contributed by atoms with Gasteiger partial charge in [-0.15, -0.1) is 0 Å². The summed E-state index contributed by atoms with van der Waals surface area (Å²) in [6.07, 6.45) is 1.43. The van der Waals surface area contributed by atoms with Gasteiger partial charge < -0.3 is 24.0 Å². The second-order valence-corrected chi connectivity index (χ2v) is 8.17. The van der Waals surface area contributed by atoms with E-state index in [1.54, 1.807) is 23.1 Å². The molecule has 0 bridgehead atoms. The zero-order valence-corrected chi connectivity index (χ0v) is 18.5. The fraction of sp³-hybridized carbons (Fsp3) is 0.292. The fourth-order valence-electron chi connectivity index (χ4n) is 4.30. The Labute approximate surface area is 188 Å². The lowest BCUT2D eigenvalue weighted by Crippen LogP contribution is -2.31. The third-order valence-electron chi connectivity index (χ3n) is 6.04. The standard InChI is InChI=1S/C24H23N3O6/c1-13-4-5-19-17(8-13)22(25-33-19)27-12-18(23(29)26-7-6-14(28)11-26)15-9-20(31-2)21(32-3)10-16(15)24(27)30/h4-5,8-10,12,14,28H,6-7,11H2,1-3H3. The number of benzene rings is 2. The van der Waals surface area contributed by atoms with E-state index in [1.165, 1.54) is 25.0 Å². The Balaban J connectivity index is 1.81. The number of pyridine rings is 1. The molecule has 170 valence electrons. The molecule has 3 heterocycles. The van der Waals surface area contributed by atoms with Gasteiger partial charge in [-0.2, -0.15) is 0 Å². The van der Waals surface area contributed by atoms with Crippen LogP contribution in [0.5, 0.6) is 11.5 Å². The molecular weight excluding hydrogens is 426 g/mol. The number of aromatic nitrogens is 2. The van der Waals surface area contributed by atoms with E-state index in [4.69, 9.17) is 14.0 Å². The first-order chi connectivity index (χ1) is 15.9. The Morgan fingerprint density at radius 3 is 2.52 bits per heavy atom. The summed E-state index contributed by atoms with van der Waals surface area (Å²) in [4.78, 5) is 28.7. The predicted molar refractivity (Wildman–Crippen MR) is 121 cm³/mol. The molecular formula is C24H23N3O6. The summed E-state index contributed by atoms with van der Waals surface area (Å²) in [7, 11) is 2.98. The van der Waals surface area contributed by atoms with Gasteiger partial charge in [0.25, 0.3) is 11.5 Å². The Morgan fingerprint density at radius 2 is 1.85 bits per heavy atom. The number of carbonyl (C=O) groups excluding carboxylic acids is 1. The van der Waals surface area contributed by atoms with Crippen molar-refractivity contribution in [1.29, 1.82) is 0 Å². The summed E-state index contributed by atoms with van der Waals surface area (Å²) in [5.74, 6) is 0.781. The van der Waals surface area contributed by atoms with Crippen LogP contribution in [0.1, 0.15) is 22.3 Å². The van der Waals surface area contributed by atoms with Gasteiger partial charge in [0.2, 0.25) is 0 Å². The molecule has 1 amide bonds. The maximum Gasteiger partial charge on any atom is 0.264 e. The Kier molecular flexibility index (Phi) is 5.05. The van der Waals surface area contributed by atoms with Gasteiger partial charge in [0.1, 0.15) is 0 Å². The first kappa shape index (κ1) is 21.0. The number of aliphatic hydroxyl groups excluding tert-OH is 1. The molecule has 33 heavy (non-hydrogen) atoms. The van der Waals surface area contributed by atoms with Crippen LogP contribution in [-0.2, 0) is 0 Å². The van der Waals surface area contributed by atoms with Crippen LogP contribution >= 0.6 is 0 Å². The Morgan fingerprint density at radius 1 is 1.12 bits per heavy atom. The van der Waals surface area contributed by atoms with Crippen molar-refractivity contribution in [3.63, 3.8) is 0 Å². The number of nitrogens with zero attached hydrogens (tertiary/aromatic N) is 3. The van der Waals surface area contributed by atoms with Crippen molar-refractivity contribution in [3.8, 4) is 17.3 Å². The SMILES string of the molecule is COc1cc2c(C(=O)N3CCC(O)C3)cn(-c3noc4ccc(C)cc34)c(=O)c2cc1OC. The van der Waals surface area contributed by atoms with Gasteiger partial charge in [0.05, 0.1) is 36.7 Å². The molecule has 0 radical (unpaired) electrons. The Bertz CT molecular complexity index is 1450. The zero-order valence-electron chi connectivity index (χ0n) is 18.5. The lowest BCUT2D eigenvalue weighted by molar-refractivity contribution is 0.0766. The van der Waals surface area contributed by atoms with Crippen molar-refractivity contribution in [2.45, 2.75) is 19.4 Å². The summed E-state index contributed by atoms with van der Waals surface area (Å²) in [6, 6.07) is 8.76. The van der Waals surface area contributed by atoms with Crippen LogP contribution in [-0.4, -0.2) is 59.1 Å². The molecule has 0 saturated carbocycles. The number of aryl methyl sites for hydroxylation is 1. The van der Waals surface area contributed by atoms with Gasteiger partial charge in [0.15, 0.2) is 22.9 Å². The van der Waals surface area contributed by atoms with Gasteiger partial charge in [-0.05, 0) is 37.6 Å². The van der Waals surface area contributed by atoms with Crippen molar-refractivity contribution >= 4 is 27.6 Å². The van der Waals surface area contributed by atoms with E-state index in [0.717, 1.165) is 5.56 Å². The van der Waals surface area contributed by atoms with Crippen LogP contribution in [0.2, 0.25) is 0 Å². The number of hydrogen-bond donors (Lipinski definition) is 1. The molecule has 1 atom stereocenters. The van der Waals surface area contributed by atoms with Crippen molar-refractivity contribution in [2.75, 3.05) is 27.3 Å². The van der Waals surface area contributed by atoms with Crippen LogP contribution in [0, 0.1) is 6.92 Å².